The second kappa shape index (κ2) is 5.07. The van der Waals surface area contributed by atoms with Crippen LogP contribution in [0.2, 0.25) is 0 Å². The number of hydrogen-bond donors (Lipinski definition) is 2. The van der Waals surface area contributed by atoms with E-state index in [-0.39, 0.29) is 0 Å². The molecule has 106 valence electrons. The first-order valence-corrected chi connectivity index (χ1v) is 7.57. The van der Waals surface area contributed by atoms with Crippen molar-refractivity contribution in [2.75, 3.05) is 44.2 Å². The van der Waals surface area contributed by atoms with Gasteiger partial charge in [-0.05, 0) is 18.2 Å². The molecule has 0 radical (unpaired) electrons. The SMILES string of the molecule is c1cc2c(cc1N1CCNCC1)nc1n2CCNCC1. The molecule has 3 heterocycles. The van der Waals surface area contributed by atoms with E-state index in [1.807, 2.05) is 0 Å². The van der Waals surface area contributed by atoms with Crippen molar-refractivity contribution in [3.8, 4) is 0 Å². The zero-order valence-electron chi connectivity index (χ0n) is 11.7. The summed E-state index contributed by atoms with van der Waals surface area (Å²) in [5.74, 6) is 1.22. The van der Waals surface area contributed by atoms with Crippen LogP contribution in [0.25, 0.3) is 11.0 Å². The van der Waals surface area contributed by atoms with E-state index in [0.29, 0.717) is 0 Å². The van der Waals surface area contributed by atoms with Crippen LogP contribution in [0.4, 0.5) is 5.69 Å². The smallest absolute Gasteiger partial charge is 0.111 e. The van der Waals surface area contributed by atoms with E-state index in [9.17, 15) is 0 Å². The van der Waals surface area contributed by atoms with E-state index in [4.69, 9.17) is 4.98 Å². The molecule has 2 aromatic rings. The van der Waals surface area contributed by atoms with Gasteiger partial charge in [0.15, 0.2) is 0 Å². The van der Waals surface area contributed by atoms with E-state index in [1.54, 1.807) is 0 Å². The fourth-order valence-corrected chi connectivity index (χ4v) is 3.24. The highest BCUT2D eigenvalue weighted by atomic mass is 15.2. The maximum Gasteiger partial charge on any atom is 0.111 e. The van der Waals surface area contributed by atoms with E-state index in [1.165, 1.54) is 17.0 Å². The molecule has 0 saturated carbocycles. The highest BCUT2D eigenvalue weighted by Gasteiger charge is 2.15. The van der Waals surface area contributed by atoms with Gasteiger partial charge in [-0.3, -0.25) is 0 Å². The molecular formula is C15H21N5. The molecule has 1 aromatic heterocycles. The summed E-state index contributed by atoms with van der Waals surface area (Å²) in [6.07, 6.45) is 1.03. The normalized spacial score (nSPS) is 19.9. The predicted octanol–water partition coefficient (Wildman–Crippen LogP) is 0.592. The van der Waals surface area contributed by atoms with Crippen LogP contribution in [-0.4, -0.2) is 48.8 Å². The Labute approximate surface area is 119 Å². The summed E-state index contributed by atoms with van der Waals surface area (Å²) in [5, 5.41) is 6.83. The minimum Gasteiger partial charge on any atom is -0.369 e. The van der Waals surface area contributed by atoms with E-state index in [2.05, 4.69) is 38.3 Å². The minimum atomic E-state index is 1.03. The van der Waals surface area contributed by atoms with Crippen LogP contribution in [0.3, 0.4) is 0 Å². The number of nitrogens with zero attached hydrogens (tertiary/aromatic N) is 3. The Morgan fingerprint density at radius 2 is 1.75 bits per heavy atom. The van der Waals surface area contributed by atoms with Gasteiger partial charge in [0.2, 0.25) is 0 Å². The lowest BCUT2D eigenvalue weighted by atomic mass is 10.2. The molecule has 4 rings (SSSR count). The van der Waals surface area contributed by atoms with Gasteiger partial charge in [-0.2, -0.15) is 0 Å². The molecule has 2 aliphatic rings. The number of aromatic nitrogens is 2. The van der Waals surface area contributed by atoms with Gasteiger partial charge in [0.1, 0.15) is 5.82 Å². The van der Waals surface area contributed by atoms with Gasteiger partial charge >= 0.3 is 0 Å². The monoisotopic (exact) mass is 271 g/mol. The molecule has 0 atom stereocenters. The molecule has 2 aliphatic heterocycles. The number of piperazine rings is 1. The predicted molar refractivity (Wildman–Crippen MR) is 81.4 cm³/mol. The Balaban J connectivity index is 1.72. The molecule has 5 nitrogen and oxygen atoms in total. The number of benzene rings is 1. The third-order valence-electron chi connectivity index (χ3n) is 4.33. The Kier molecular flexibility index (Phi) is 3.09. The van der Waals surface area contributed by atoms with Crippen molar-refractivity contribution >= 4 is 16.7 Å². The second-order valence-corrected chi connectivity index (χ2v) is 5.59. The zero-order chi connectivity index (χ0) is 13.4. The molecule has 5 heteroatoms. The third-order valence-corrected chi connectivity index (χ3v) is 4.33. The van der Waals surface area contributed by atoms with Crippen molar-refractivity contribution in [1.82, 2.24) is 20.2 Å². The first kappa shape index (κ1) is 12.2. The Morgan fingerprint density at radius 3 is 2.65 bits per heavy atom. The van der Waals surface area contributed by atoms with Crippen molar-refractivity contribution in [2.24, 2.45) is 0 Å². The largest absolute Gasteiger partial charge is 0.369 e. The fourth-order valence-electron chi connectivity index (χ4n) is 3.24. The molecule has 1 saturated heterocycles. The molecule has 0 unspecified atom stereocenters. The summed E-state index contributed by atoms with van der Waals surface area (Å²) in [6, 6.07) is 6.76. The van der Waals surface area contributed by atoms with Gasteiger partial charge in [0.25, 0.3) is 0 Å². The van der Waals surface area contributed by atoms with Gasteiger partial charge in [-0.1, -0.05) is 0 Å². The maximum absolute atomic E-state index is 4.85. The first-order valence-electron chi connectivity index (χ1n) is 7.57. The van der Waals surface area contributed by atoms with Crippen LogP contribution in [0.1, 0.15) is 5.82 Å². The van der Waals surface area contributed by atoms with Crippen LogP contribution in [0.15, 0.2) is 18.2 Å². The number of anilines is 1. The summed E-state index contributed by atoms with van der Waals surface area (Å²) in [4.78, 5) is 7.30. The summed E-state index contributed by atoms with van der Waals surface area (Å²) < 4.78 is 2.37. The van der Waals surface area contributed by atoms with Gasteiger partial charge in [0, 0.05) is 57.9 Å². The molecule has 0 bridgehead atoms. The molecular weight excluding hydrogens is 250 g/mol. The summed E-state index contributed by atoms with van der Waals surface area (Å²) in [7, 11) is 0. The molecule has 0 aliphatic carbocycles. The standard InChI is InChI=1S/C15H21N5/c1-2-14-13(11-12(1)19-8-5-17-6-9-19)18-15-3-4-16-7-10-20(14)15/h1-2,11,16-17H,3-10H2. The summed E-state index contributed by atoms with van der Waals surface area (Å²) >= 11 is 0. The Morgan fingerprint density at radius 1 is 0.950 bits per heavy atom. The molecule has 1 fully saturated rings. The lowest BCUT2D eigenvalue weighted by molar-refractivity contribution is 0.589. The highest BCUT2D eigenvalue weighted by molar-refractivity contribution is 5.80. The average molecular weight is 271 g/mol. The summed E-state index contributed by atoms with van der Waals surface area (Å²) in [5.41, 5.74) is 3.74. The number of rotatable bonds is 1. The minimum absolute atomic E-state index is 1.03. The van der Waals surface area contributed by atoms with Crippen molar-refractivity contribution < 1.29 is 0 Å². The molecule has 20 heavy (non-hydrogen) atoms. The van der Waals surface area contributed by atoms with Crippen LogP contribution < -0.4 is 15.5 Å². The number of fused-ring (bicyclic) bond motifs is 3. The molecule has 0 spiro atoms. The van der Waals surface area contributed by atoms with Crippen LogP contribution >= 0.6 is 0 Å². The Bertz CT molecular complexity index is 612. The van der Waals surface area contributed by atoms with Crippen LogP contribution in [0.5, 0.6) is 0 Å². The Hall–Kier alpha value is -1.59. The highest BCUT2D eigenvalue weighted by Crippen LogP contribution is 2.24. The van der Waals surface area contributed by atoms with E-state index < -0.39 is 0 Å². The third kappa shape index (κ3) is 2.07. The van der Waals surface area contributed by atoms with E-state index in [0.717, 1.165) is 57.8 Å². The number of hydrogen-bond acceptors (Lipinski definition) is 4. The van der Waals surface area contributed by atoms with Gasteiger partial charge in [0.05, 0.1) is 11.0 Å². The summed E-state index contributed by atoms with van der Waals surface area (Å²) in [6.45, 7) is 7.42. The average Bonchev–Trinajstić information content (AvgIpc) is 2.68. The van der Waals surface area contributed by atoms with E-state index >= 15 is 0 Å². The van der Waals surface area contributed by atoms with Crippen molar-refractivity contribution in [1.29, 1.82) is 0 Å². The molecule has 1 aromatic carbocycles. The van der Waals surface area contributed by atoms with Crippen molar-refractivity contribution in [3.05, 3.63) is 24.0 Å². The van der Waals surface area contributed by atoms with Gasteiger partial charge < -0.3 is 20.1 Å². The lowest BCUT2D eigenvalue weighted by Gasteiger charge is -2.29. The van der Waals surface area contributed by atoms with Crippen molar-refractivity contribution in [3.63, 3.8) is 0 Å². The van der Waals surface area contributed by atoms with Gasteiger partial charge in [-0.15, -0.1) is 0 Å². The number of imidazole rings is 1. The maximum atomic E-state index is 4.85. The molecule has 2 N–H and O–H groups in total. The zero-order valence-corrected chi connectivity index (χ0v) is 11.7. The van der Waals surface area contributed by atoms with Crippen LogP contribution in [0, 0.1) is 0 Å². The van der Waals surface area contributed by atoms with Crippen molar-refractivity contribution in [2.45, 2.75) is 13.0 Å². The molecule has 0 amide bonds. The fraction of sp³-hybridized carbons (Fsp3) is 0.533. The topological polar surface area (TPSA) is 45.1 Å². The first-order chi connectivity index (χ1) is 9.92. The second-order valence-electron chi connectivity index (χ2n) is 5.59. The van der Waals surface area contributed by atoms with Gasteiger partial charge in [-0.25, -0.2) is 4.98 Å². The lowest BCUT2D eigenvalue weighted by Crippen LogP contribution is -2.43. The van der Waals surface area contributed by atoms with Crippen LogP contribution in [-0.2, 0) is 13.0 Å². The quantitative estimate of drug-likeness (QED) is 0.797. The number of nitrogens with one attached hydrogen (secondary N) is 2.